The maximum Gasteiger partial charge on any atom is 0.244 e. The third-order valence-electron chi connectivity index (χ3n) is 4.77. The van der Waals surface area contributed by atoms with Crippen molar-refractivity contribution < 1.29 is 8.42 Å². The molecule has 1 aliphatic rings. The third kappa shape index (κ3) is 5.30. The monoisotopic (exact) mass is 457 g/mol. The van der Waals surface area contributed by atoms with Gasteiger partial charge in [0.25, 0.3) is 0 Å². The molecule has 1 saturated heterocycles. The van der Waals surface area contributed by atoms with Crippen molar-refractivity contribution in [3.63, 3.8) is 0 Å². The summed E-state index contributed by atoms with van der Waals surface area (Å²) in [6, 6.07) is 11.1. The predicted octanol–water partition coefficient (Wildman–Crippen LogP) is 2.98. The molecule has 0 saturated carbocycles. The topological polar surface area (TPSA) is 127 Å². The maximum absolute atomic E-state index is 12.6. The molecule has 0 bridgehead atoms. The van der Waals surface area contributed by atoms with Crippen LogP contribution in [0.1, 0.15) is 24.2 Å². The Morgan fingerprint density at radius 3 is 2.48 bits per heavy atom. The number of nitrogens with one attached hydrogen (secondary N) is 1. The first kappa shape index (κ1) is 21.5. The highest BCUT2D eigenvalue weighted by atomic mass is 32.2. The molecule has 3 N–H and O–H groups in total. The summed E-state index contributed by atoms with van der Waals surface area (Å²) in [7, 11) is -3.46. The Labute approximate surface area is 185 Å². The molecule has 1 aliphatic heterocycles. The first-order valence-corrected chi connectivity index (χ1v) is 12.3. The fourth-order valence-electron chi connectivity index (χ4n) is 3.15. The normalized spacial score (nSPS) is 14.6. The average Bonchev–Trinajstić information content (AvgIpc) is 3.30. The fraction of sp³-hybridized carbons (Fsp3) is 0.300. The number of nitrogens with zero attached hydrogens (tertiary/aromatic N) is 5. The lowest BCUT2D eigenvalue weighted by Gasteiger charge is -2.15. The Morgan fingerprint density at radius 1 is 1.06 bits per heavy atom. The lowest BCUT2D eigenvalue weighted by molar-refractivity contribution is 0.477. The molecule has 0 unspecified atom stereocenters. The van der Waals surface area contributed by atoms with E-state index in [-0.39, 0.29) is 10.8 Å². The minimum Gasteiger partial charge on any atom is -0.368 e. The summed E-state index contributed by atoms with van der Waals surface area (Å²) in [6.07, 6.45) is 3.20. The van der Waals surface area contributed by atoms with Gasteiger partial charge < -0.3 is 11.1 Å². The molecule has 2 aromatic heterocycles. The van der Waals surface area contributed by atoms with E-state index in [2.05, 4.69) is 25.3 Å². The first-order valence-electron chi connectivity index (χ1n) is 9.83. The van der Waals surface area contributed by atoms with Crippen molar-refractivity contribution in [1.82, 2.24) is 24.2 Å². The van der Waals surface area contributed by atoms with Crippen LogP contribution in [-0.4, -0.2) is 45.7 Å². The Hall–Kier alpha value is -2.76. The number of benzene rings is 1. The molecule has 3 aromatic rings. The van der Waals surface area contributed by atoms with Crippen molar-refractivity contribution in [2.24, 2.45) is 0 Å². The van der Waals surface area contributed by atoms with Gasteiger partial charge in [-0.1, -0.05) is 29.5 Å². The highest BCUT2D eigenvalue weighted by Crippen LogP contribution is 2.24. The van der Waals surface area contributed by atoms with Gasteiger partial charge in [0.05, 0.1) is 10.8 Å². The van der Waals surface area contributed by atoms with Gasteiger partial charge in [0.1, 0.15) is 10.7 Å². The van der Waals surface area contributed by atoms with E-state index < -0.39 is 10.0 Å². The van der Waals surface area contributed by atoms with Crippen molar-refractivity contribution in [2.75, 3.05) is 24.1 Å². The summed E-state index contributed by atoms with van der Waals surface area (Å²) < 4.78 is 26.7. The lowest BCUT2D eigenvalue weighted by Crippen LogP contribution is -2.27. The van der Waals surface area contributed by atoms with E-state index in [0.717, 1.165) is 24.1 Å². The van der Waals surface area contributed by atoms with Gasteiger partial charge >= 0.3 is 0 Å². The minimum absolute atomic E-state index is 0.125. The van der Waals surface area contributed by atoms with Crippen LogP contribution in [0.25, 0.3) is 0 Å². The molecule has 0 amide bonds. The van der Waals surface area contributed by atoms with Crippen molar-refractivity contribution >= 4 is 39.4 Å². The molecule has 1 aromatic carbocycles. The zero-order valence-corrected chi connectivity index (χ0v) is 18.7. The van der Waals surface area contributed by atoms with Crippen LogP contribution in [0.3, 0.4) is 0 Å². The molecule has 0 aliphatic carbocycles. The summed E-state index contributed by atoms with van der Waals surface area (Å²) in [5, 5.41) is 3.80. The van der Waals surface area contributed by atoms with Crippen molar-refractivity contribution in [3.05, 3.63) is 54.0 Å². The molecule has 9 nitrogen and oxygen atoms in total. The van der Waals surface area contributed by atoms with Crippen molar-refractivity contribution in [1.29, 1.82) is 0 Å². The summed E-state index contributed by atoms with van der Waals surface area (Å²) in [4.78, 5) is 17.2. The molecule has 0 radical (unpaired) electrons. The largest absolute Gasteiger partial charge is 0.368 e. The molecular weight excluding hydrogens is 434 g/mol. The van der Waals surface area contributed by atoms with E-state index in [1.54, 1.807) is 12.1 Å². The van der Waals surface area contributed by atoms with Gasteiger partial charge in [-0.05, 0) is 44.0 Å². The first-order chi connectivity index (χ1) is 14.9. The second-order valence-corrected chi connectivity index (χ2v) is 10.1. The van der Waals surface area contributed by atoms with E-state index in [9.17, 15) is 8.42 Å². The van der Waals surface area contributed by atoms with Crippen LogP contribution in [0.5, 0.6) is 0 Å². The summed E-state index contributed by atoms with van der Waals surface area (Å²) in [5.41, 5.74) is 7.85. The van der Waals surface area contributed by atoms with Crippen LogP contribution in [-0.2, 0) is 15.8 Å². The predicted molar refractivity (Wildman–Crippen MR) is 120 cm³/mol. The highest BCUT2D eigenvalue weighted by molar-refractivity contribution is 7.98. The number of sulfonamides is 1. The lowest BCUT2D eigenvalue weighted by atomic mass is 10.2. The number of nitrogens with two attached hydrogens (primary N) is 1. The third-order valence-corrected chi connectivity index (χ3v) is 7.59. The quantitative estimate of drug-likeness (QED) is 0.515. The van der Waals surface area contributed by atoms with E-state index in [4.69, 9.17) is 5.73 Å². The molecule has 4 rings (SSSR count). The molecular formula is C20H23N7O2S2. The van der Waals surface area contributed by atoms with Crippen LogP contribution in [0.2, 0.25) is 0 Å². The standard InChI is InChI=1S/C20H23N7O2S2/c1-14-4-6-15(7-5-14)23-20-25-17(24-19(21)26-20)13-30-18-9-8-16(12-22-18)31(28,29)27-10-2-3-11-27/h4-9,12H,2-3,10-11,13H2,1H3,(H3,21,23,24,25,26). The second kappa shape index (κ2) is 9.16. The van der Waals surface area contributed by atoms with Gasteiger partial charge in [-0.3, -0.25) is 0 Å². The number of aromatic nitrogens is 4. The number of anilines is 3. The molecule has 3 heterocycles. The summed E-state index contributed by atoms with van der Waals surface area (Å²) in [5.74, 6) is 1.41. The number of thioether (sulfide) groups is 1. The van der Waals surface area contributed by atoms with E-state index in [1.165, 1.54) is 22.3 Å². The van der Waals surface area contributed by atoms with Crippen molar-refractivity contribution in [2.45, 2.75) is 35.4 Å². The van der Waals surface area contributed by atoms with Gasteiger partial charge in [0.2, 0.25) is 21.9 Å². The smallest absolute Gasteiger partial charge is 0.244 e. The minimum atomic E-state index is -3.46. The maximum atomic E-state index is 12.6. The van der Waals surface area contributed by atoms with Crippen LogP contribution in [0.4, 0.5) is 17.6 Å². The van der Waals surface area contributed by atoms with E-state index in [0.29, 0.717) is 35.6 Å². The van der Waals surface area contributed by atoms with Gasteiger partial charge in [-0.2, -0.15) is 19.3 Å². The Bertz CT molecular complexity index is 1150. The van der Waals surface area contributed by atoms with E-state index >= 15 is 0 Å². The van der Waals surface area contributed by atoms with Crippen molar-refractivity contribution in [3.8, 4) is 0 Å². The molecule has 1 fully saturated rings. The Balaban J connectivity index is 1.42. The molecule has 31 heavy (non-hydrogen) atoms. The van der Waals surface area contributed by atoms with Crippen LogP contribution < -0.4 is 11.1 Å². The number of hydrogen-bond donors (Lipinski definition) is 2. The number of nitrogen functional groups attached to an aromatic ring is 1. The number of aryl methyl sites for hydroxylation is 1. The van der Waals surface area contributed by atoms with E-state index in [1.807, 2.05) is 31.2 Å². The molecule has 162 valence electrons. The molecule has 11 heteroatoms. The Morgan fingerprint density at radius 2 is 1.81 bits per heavy atom. The fourth-order valence-corrected chi connectivity index (χ4v) is 5.31. The van der Waals surface area contributed by atoms with Gasteiger partial charge in [-0.15, -0.1) is 0 Å². The number of pyridine rings is 1. The summed E-state index contributed by atoms with van der Waals surface area (Å²) in [6.45, 7) is 3.15. The molecule has 0 atom stereocenters. The highest BCUT2D eigenvalue weighted by Gasteiger charge is 2.27. The zero-order chi connectivity index (χ0) is 21.8. The van der Waals surface area contributed by atoms with Crippen LogP contribution in [0.15, 0.2) is 52.5 Å². The van der Waals surface area contributed by atoms with Crippen LogP contribution in [0, 0.1) is 6.92 Å². The SMILES string of the molecule is Cc1ccc(Nc2nc(N)nc(CSc3ccc(S(=O)(=O)N4CCCC4)cn3)n2)cc1. The van der Waals surface area contributed by atoms with Gasteiger partial charge in [0.15, 0.2) is 0 Å². The van der Waals surface area contributed by atoms with Gasteiger partial charge in [-0.25, -0.2) is 13.4 Å². The average molecular weight is 458 g/mol. The summed E-state index contributed by atoms with van der Waals surface area (Å²) >= 11 is 1.40. The number of rotatable bonds is 7. The molecule has 0 spiro atoms. The Kier molecular flexibility index (Phi) is 6.35. The second-order valence-electron chi connectivity index (χ2n) is 7.16. The van der Waals surface area contributed by atoms with Gasteiger partial charge in [0, 0.05) is 25.0 Å². The number of hydrogen-bond acceptors (Lipinski definition) is 9. The zero-order valence-electron chi connectivity index (χ0n) is 17.0. The van der Waals surface area contributed by atoms with Crippen LogP contribution >= 0.6 is 11.8 Å².